The van der Waals surface area contributed by atoms with Gasteiger partial charge in [0, 0.05) is 30.9 Å². The summed E-state index contributed by atoms with van der Waals surface area (Å²) in [5, 5.41) is 2.75. The second-order valence-electron chi connectivity index (χ2n) is 6.81. The van der Waals surface area contributed by atoms with Crippen LogP contribution < -0.4 is 5.32 Å². The third-order valence-corrected chi connectivity index (χ3v) is 6.62. The van der Waals surface area contributed by atoms with Crippen LogP contribution in [0.15, 0.2) is 41.4 Å². The van der Waals surface area contributed by atoms with Crippen molar-refractivity contribution in [2.24, 2.45) is 0 Å². The van der Waals surface area contributed by atoms with Gasteiger partial charge in [-0.1, -0.05) is 0 Å². The molecule has 2 aliphatic carbocycles. The number of carbonyl (C=O) groups is 1. The van der Waals surface area contributed by atoms with Gasteiger partial charge in [0.05, 0.1) is 4.90 Å². The van der Waals surface area contributed by atoms with E-state index >= 15 is 0 Å². The Kier molecular flexibility index (Phi) is 4.24. The number of hydrogen-bond acceptors (Lipinski definition) is 5. The van der Waals surface area contributed by atoms with Crippen molar-refractivity contribution in [3.05, 3.63) is 48.0 Å². The molecule has 0 atom stereocenters. The number of nitrogens with one attached hydrogen (secondary N) is 1. The van der Waals surface area contributed by atoms with Gasteiger partial charge in [-0.2, -0.15) is 4.31 Å². The van der Waals surface area contributed by atoms with E-state index in [0.29, 0.717) is 23.1 Å². The molecule has 0 radical (unpaired) electrons. The molecule has 0 bridgehead atoms. The molecule has 2 fully saturated rings. The first kappa shape index (κ1) is 17.1. The number of nitrogens with zero attached hydrogens (tertiary/aromatic N) is 3. The van der Waals surface area contributed by atoms with Crippen molar-refractivity contribution in [1.29, 1.82) is 0 Å². The molecular weight excluding hydrogens is 352 g/mol. The average Bonchev–Trinajstić information content (AvgIpc) is 3.54. The van der Waals surface area contributed by atoms with E-state index in [1.807, 2.05) is 0 Å². The molecule has 136 valence electrons. The van der Waals surface area contributed by atoms with Crippen molar-refractivity contribution in [1.82, 2.24) is 14.3 Å². The fraction of sp³-hybridized carbons (Fsp3) is 0.389. The second-order valence-corrected chi connectivity index (χ2v) is 8.80. The van der Waals surface area contributed by atoms with E-state index in [9.17, 15) is 13.2 Å². The molecule has 1 aromatic heterocycles. The van der Waals surface area contributed by atoms with Crippen molar-refractivity contribution in [2.75, 3.05) is 12.4 Å². The van der Waals surface area contributed by atoms with E-state index in [0.717, 1.165) is 25.7 Å². The number of benzene rings is 1. The number of sulfonamides is 1. The summed E-state index contributed by atoms with van der Waals surface area (Å²) in [5.41, 5.74) is 0.835. The highest BCUT2D eigenvalue weighted by molar-refractivity contribution is 7.89. The molecule has 0 aliphatic heterocycles. The molecule has 2 aliphatic rings. The van der Waals surface area contributed by atoms with Gasteiger partial charge in [-0.15, -0.1) is 0 Å². The summed E-state index contributed by atoms with van der Waals surface area (Å²) in [6, 6.07) is 7.89. The van der Waals surface area contributed by atoms with Gasteiger partial charge in [-0.05, 0) is 56.0 Å². The molecule has 2 saturated carbocycles. The van der Waals surface area contributed by atoms with Crippen LogP contribution in [0.4, 0.5) is 5.69 Å². The van der Waals surface area contributed by atoms with E-state index in [-0.39, 0.29) is 16.8 Å². The third kappa shape index (κ3) is 3.47. The summed E-state index contributed by atoms with van der Waals surface area (Å²) in [7, 11) is -1.87. The smallest absolute Gasteiger partial charge is 0.274 e. The standard InChI is InChI=1S/C18H20N4O3S/c1-22(14-6-7-14)26(24,25)15-8-4-13(5-9-15)20-18(23)16-10-11-19-17(21-16)12-2-3-12/h4-5,8-12,14H,2-3,6-7H2,1H3,(H,20,23). The Labute approximate surface area is 152 Å². The lowest BCUT2D eigenvalue weighted by atomic mass is 10.3. The monoisotopic (exact) mass is 372 g/mol. The Hall–Kier alpha value is -2.32. The zero-order chi connectivity index (χ0) is 18.3. The van der Waals surface area contributed by atoms with Crippen LogP contribution in [0.25, 0.3) is 0 Å². The van der Waals surface area contributed by atoms with Crippen molar-refractivity contribution < 1.29 is 13.2 Å². The second kappa shape index (κ2) is 6.44. The molecule has 7 nitrogen and oxygen atoms in total. The van der Waals surface area contributed by atoms with Gasteiger partial charge in [0.15, 0.2) is 0 Å². The zero-order valence-electron chi connectivity index (χ0n) is 14.4. The van der Waals surface area contributed by atoms with Gasteiger partial charge < -0.3 is 5.32 Å². The maximum absolute atomic E-state index is 12.5. The molecule has 1 N–H and O–H groups in total. The quantitative estimate of drug-likeness (QED) is 0.840. The Morgan fingerprint density at radius 3 is 2.42 bits per heavy atom. The first-order chi connectivity index (χ1) is 12.4. The summed E-state index contributed by atoms with van der Waals surface area (Å²) < 4.78 is 26.4. The lowest BCUT2D eigenvalue weighted by Gasteiger charge is -2.16. The first-order valence-corrected chi connectivity index (χ1v) is 10.1. The van der Waals surface area contributed by atoms with Gasteiger partial charge in [0.1, 0.15) is 11.5 Å². The molecular formula is C18H20N4O3S. The topological polar surface area (TPSA) is 92.3 Å². The molecule has 0 unspecified atom stereocenters. The summed E-state index contributed by atoms with van der Waals surface area (Å²) in [6.07, 6.45) is 5.54. The summed E-state index contributed by atoms with van der Waals surface area (Å²) in [5.74, 6) is 0.748. The van der Waals surface area contributed by atoms with Crippen LogP contribution in [-0.2, 0) is 10.0 Å². The Morgan fingerprint density at radius 2 is 1.81 bits per heavy atom. The Balaban J connectivity index is 1.47. The Bertz CT molecular complexity index is 935. The summed E-state index contributed by atoms with van der Waals surface area (Å²) in [6.45, 7) is 0. The number of hydrogen-bond donors (Lipinski definition) is 1. The maximum atomic E-state index is 12.5. The highest BCUT2D eigenvalue weighted by Gasteiger charge is 2.35. The number of rotatable bonds is 6. The van der Waals surface area contributed by atoms with Crippen molar-refractivity contribution in [3.63, 3.8) is 0 Å². The van der Waals surface area contributed by atoms with Crippen LogP contribution >= 0.6 is 0 Å². The first-order valence-electron chi connectivity index (χ1n) is 8.67. The van der Waals surface area contributed by atoms with Crippen LogP contribution in [0.2, 0.25) is 0 Å². The van der Waals surface area contributed by atoms with Crippen molar-refractivity contribution in [3.8, 4) is 0 Å². The van der Waals surface area contributed by atoms with E-state index in [4.69, 9.17) is 0 Å². The van der Waals surface area contributed by atoms with Crippen molar-refractivity contribution in [2.45, 2.75) is 42.5 Å². The highest BCUT2D eigenvalue weighted by Crippen LogP contribution is 2.37. The van der Waals surface area contributed by atoms with E-state index in [2.05, 4.69) is 15.3 Å². The van der Waals surface area contributed by atoms with Crippen LogP contribution in [0, 0.1) is 0 Å². The lowest BCUT2D eigenvalue weighted by Crippen LogP contribution is -2.28. The maximum Gasteiger partial charge on any atom is 0.274 e. The highest BCUT2D eigenvalue weighted by atomic mass is 32.2. The van der Waals surface area contributed by atoms with Gasteiger partial charge >= 0.3 is 0 Å². The van der Waals surface area contributed by atoms with Gasteiger partial charge in [-0.25, -0.2) is 18.4 Å². The molecule has 1 aromatic carbocycles. The largest absolute Gasteiger partial charge is 0.321 e. The van der Waals surface area contributed by atoms with Gasteiger partial charge in [0.25, 0.3) is 5.91 Å². The average molecular weight is 372 g/mol. The summed E-state index contributed by atoms with van der Waals surface area (Å²) in [4.78, 5) is 21.1. The van der Waals surface area contributed by atoms with Gasteiger partial charge in [-0.3, -0.25) is 4.79 Å². The molecule has 26 heavy (non-hydrogen) atoms. The molecule has 1 heterocycles. The van der Waals surface area contributed by atoms with E-state index in [1.165, 1.54) is 16.4 Å². The molecule has 0 spiro atoms. The molecule has 0 saturated heterocycles. The summed E-state index contributed by atoms with van der Waals surface area (Å²) >= 11 is 0. The molecule has 2 aromatic rings. The molecule has 8 heteroatoms. The fourth-order valence-corrected chi connectivity index (χ4v) is 4.16. The van der Waals surface area contributed by atoms with Crippen molar-refractivity contribution >= 4 is 21.6 Å². The number of carbonyl (C=O) groups excluding carboxylic acids is 1. The fourth-order valence-electron chi connectivity index (χ4n) is 2.74. The third-order valence-electron chi connectivity index (χ3n) is 4.70. The molecule has 1 amide bonds. The predicted octanol–water partition coefficient (Wildman–Crippen LogP) is 2.39. The lowest BCUT2D eigenvalue weighted by molar-refractivity contribution is 0.102. The van der Waals surface area contributed by atoms with E-state index in [1.54, 1.807) is 31.4 Å². The van der Waals surface area contributed by atoms with Gasteiger partial charge in [0.2, 0.25) is 10.0 Å². The number of aromatic nitrogens is 2. The number of anilines is 1. The minimum Gasteiger partial charge on any atom is -0.321 e. The van der Waals surface area contributed by atoms with Crippen LogP contribution in [0.5, 0.6) is 0 Å². The SMILES string of the molecule is CN(C1CC1)S(=O)(=O)c1ccc(NC(=O)c2ccnc(C3CC3)n2)cc1. The minimum absolute atomic E-state index is 0.109. The number of amides is 1. The minimum atomic E-state index is -3.48. The Morgan fingerprint density at radius 1 is 1.12 bits per heavy atom. The van der Waals surface area contributed by atoms with Crippen LogP contribution in [0.3, 0.4) is 0 Å². The zero-order valence-corrected chi connectivity index (χ0v) is 15.2. The van der Waals surface area contributed by atoms with Crippen LogP contribution in [-0.4, -0.2) is 41.7 Å². The predicted molar refractivity (Wildman–Crippen MR) is 96.4 cm³/mol. The molecule has 4 rings (SSSR count). The normalized spacial score (nSPS) is 17.3. The van der Waals surface area contributed by atoms with E-state index < -0.39 is 10.0 Å². The van der Waals surface area contributed by atoms with Crippen LogP contribution in [0.1, 0.15) is 47.9 Å².